The number of rotatable bonds is 1. The van der Waals surface area contributed by atoms with Crippen molar-refractivity contribution in [3.8, 4) is 0 Å². The van der Waals surface area contributed by atoms with E-state index in [9.17, 15) is 4.79 Å². The number of piperidine rings is 1. The smallest absolute Gasteiger partial charge is 0.444 e. The summed E-state index contributed by atoms with van der Waals surface area (Å²) in [6, 6.07) is 0. The van der Waals surface area contributed by atoms with Crippen LogP contribution in [0.15, 0.2) is 0 Å². The van der Waals surface area contributed by atoms with E-state index in [0.717, 1.165) is 12.8 Å². The summed E-state index contributed by atoms with van der Waals surface area (Å²) in [4.78, 5) is 13.9. The lowest BCUT2D eigenvalue weighted by molar-refractivity contribution is 0.00578. The second-order valence-corrected chi connectivity index (χ2v) is 8.43. The zero-order valence-corrected chi connectivity index (χ0v) is 17.1. The van der Waals surface area contributed by atoms with Crippen molar-refractivity contribution in [1.82, 2.24) is 4.90 Å². The highest BCUT2D eigenvalue weighted by molar-refractivity contribution is 6.47. The van der Waals surface area contributed by atoms with Gasteiger partial charge in [-0.2, -0.15) is 0 Å². The minimum Gasteiger partial charge on any atom is -0.444 e. The van der Waals surface area contributed by atoms with E-state index in [-0.39, 0.29) is 24.4 Å². The highest BCUT2D eigenvalue weighted by Crippen LogP contribution is 2.42. The Hall–Kier alpha value is -0.745. The summed E-state index contributed by atoms with van der Waals surface area (Å²) in [6.45, 7) is 19.4. The fraction of sp³-hybridized carbons (Fsp3) is 0.944. The van der Waals surface area contributed by atoms with Gasteiger partial charge in [-0.15, -0.1) is 0 Å². The fourth-order valence-electron chi connectivity index (χ4n) is 2.76. The molecule has 2 aliphatic rings. The molecule has 24 heavy (non-hydrogen) atoms. The van der Waals surface area contributed by atoms with Crippen LogP contribution in [0.4, 0.5) is 4.79 Å². The van der Waals surface area contributed by atoms with E-state index in [0.29, 0.717) is 18.9 Å². The summed E-state index contributed by atoms with van der Waals surface area (Å²) in [5, 5.41) is 0. The van der Waals surface area contributed by atoms with Crippen LogP contribution in [0.25, 0.3) is 0 Å². The largest absolute Gasteiger partial charge is 0.461 e. The van der Waals surface area contributed by atoms with Crippen molar-refractivity contribution in [2.45, 2.75) is 97.8 Å². The minimum absolute atomic E-state index is 0.175. The van der Waals surface area contributed by atoms with Crippen LogP contribution in [-0.2, 0) is 14.0 Å². The molecule has 2 heterocycles. The molecule has 0 aromatic rings. The quantitative estimate of drug-likeness (QED) is 0.659. The molecule has 6 heteroatoms. The number of carbonyl (C=O) groups excluding carboxylic acids is 1. The summed E-state index contributed by atoms with van der Waals surface area (Å²) in [6.07, 6.45) is 1.55. The first-order valence-electron chi connectivity index (χ1n) is 9.25. The molecule has 0 spiro atoms. The maximum atomic E-state index is 12.1. The SMILES string of the molecule is CC.CC(C)(C)OC(=O)N1CCC(B2OC(C)(C)C(C)(C)O2)CC1. The molecule has 0 radical (unpaired) electrons. The van der Waals surface area contributed by atoms with Gasteiger partial charge in [0.2, 0.25) is 0 Å². The lowest BCUT2D eigenvalue weighted by Gasteiger charge is -2.34. The van der Waals surface area contributed by atoms with Crippen LogP contribution in [0, 0.1) is 0 Å². The number of nitrogens with zero attached hydrogens (tertiary/aromatic N) is 1. The Morgan fingerprint density at radius 1 is 1.04 bits per heavy atom. The van der Waals surface area contributed by atoms with Gasteiger partial charge >= 0.3 is 13.2 Å². The second kappa shape index (κ2) is 7.65. The maximum absolute atomic E-state index is 12.1. The molecule has 0 aliphatic carbocycles. The molecule has 0 bridgehead atoms. The van der Waals surface area contributed by atoms with Crippen molar-refractivity contribution >= 4 is 13.2 Å². The lowest BCUT2D eigenvalue weighted by Crippen LogP contribution is -2.43. The van der Waals surface area contributed by atoms with Gasteiger partial charge in [0.15, 0.2) is 0 Å². The molecule has 140 valence electrons. The van der Waals surface area contributed by atoms with E-state index in [1.165, 1.54) is 0 Å². The zero-order valence-electron chi connectivity index (χ0n) is 17.1. The molecule has 0 N–H and O–H groups in total. The maximum Gasteiger partial charge on any atom is 0.461 e. The van der Waals surface area contributed by atoms with Gasteiger partial charge in [0.25, 0.3) is 0 Å². The van der Waals surface area contributed by atoms with Crippen molar-refractivity contribution in [1.29, 1.82) is 0 Å². The van der Waals surface area contributed by atoms with Crippen LogP contribution in [0.1, 0.15) is 75.2 Å². The van der Waals surface area contributed by atoms with Gasteiger partial charge in [0.1, 0.15) is 5.60 Å². The van der Waals surface area contributed by atoms with E-state index in [2.05, 4.69) is 27.7 Å². The predicted octanol–water partition coefficient (Wildman–Crippen LogP) is 4.51. The van der Waals surface area contributed by atoms with Crippen LogP contribution >= 0.6 is 0 Å². The Labute approximate surface area is 148 Å². The summed E-state index contributed by atoms with van der Waals surface area (Å²) < 4.78 is 17.7. The van der Waals surface area contributed by atoms with Crippen molar-refractivity contribution in [3.05, 3.63) is 0 Å². The molecular formula is C18H36BNO4. The first-order valence-corrected chi connectivity index (χ1v) is 9.25. The molecule has 2 rings (SSSR count). The molecule has 2 saturated heterocycles. The van der Waals surface area contributed by atoms with E-state index >= 15 is 0 Å². The summed E-state index contributed by atoms with van der Waals surface area (Å²) in [5.41, 5.74) is -1.03. The normalized spacial score (nSPS) is 23.5. The Kier molecular flexibility index (Phi) is 6.79. The summed E-state index contributed by atoms with van der Waals surface area (Å²) >= 11 is 0. The molecule has 0 aromatic heterocycles. The molecule has 0 saturated carbocycles. The number of hydrogen-bond acceptors (Lipinski definition) is 4. The molecule has 0 atom stereocenters. The van der Waals surface area contributed by atoms with Crippen molar-refractivity contribution in [3.63, 3.8) is 0 Å². The number of ether oxygens (including phenoxy) is 1. The highest BCUT2D eigenvalue weighted by atomic mass is 16.7. The number of likely N-dealkylation sites (tertiary alicyclic amines) is 1. The van der Waals surface area contributed by atoms with Crippen LogP contribution in [0.3, 0.4) is 0 Å². The lowest BCUT2D eigenvalue weighted by atomic mass is 9.67. The van der Waals surface area contributed by atoms with Crippen molar-refractivity contribution in [2.75, 3.05) is 13.1 Å². The summed E-state index contributed by atoms with van der Waals surface area (Å²) in [7, 11) is -0.175. The molecular weight excluding hydrogens is 305 g/mol. The Morgan fingerprint density at radius 2 is 1.46 bits per heavy atom. The molecule has 0 unspecified atom stereocenters. The first kappa shape index (κ1) is 21.3. The standard InChI is InChI=1S/C16H30BNO4.C2H6/c1-14(2,3)20-13(19)18-10-8-12(9-11-18)17-21-15(4,5)16(6,7)22-17;1-2/h12H,8-11H2,1-7H3;1-2H3. The van der Waals surface area contributed by atoms with E-state index in [1.807, 2.05) is 34.6 Å². The molecule has 2 aliphatic heterocycles. The zero-order chi connectivity index (χ0) is 18.8. The van der Waals surface area contributed by atoms with E-state index in [4.69, 9.17) is 14.0 Å². The third-order valence-corrected chi connectivity index (χ3v) is 4.85. The van der Waals surface area contributed by atoms with Crippen LogP contribution in [0.5, 0.6) is 0 Å². The molecule has 0 aromatic carbocycles. The van der Waals surface area contributed by atoms with Gasteiger partial charge in [-0.1, -0.05) is 13.8 Å². The van der Waals surface area contributed by atoms with Gasteiger partial charge in [0.05, 0.1) is 11.2 Å². The van der Waals surface area contributed by atoms with Gasteiger partial charge in [-0.25, -0.2) is 4.79 Å². The topological polar surface area (TPSA) is 48.0 Å². The molecule has 5 nitrogen and oxygen atoms in total. The molecule has 2 fully saturated rings. The monoisotopic (exact) mass is 341 g/mol. The average molecular weight is 341 g/mol. The summed E-state index contributed by atoms with van der Waals surface area (Å²) in [5.74, 6) is 0.333. The highest BCUT2D eigenvalue weighted by Gasteiger charge is 2.54. The third kappa shape index (κ3) is 5.12. The van der Waals surface area contributed by atoms with Gasteiger partial charge in [-0.05, 0) is 67.1 Å². The third-order valence-electron chi connectivity index (χ3n) is 4.85. The number of hydrogen-bond donors (Lipinski definition) is 0. The van der Waals surface area contributed by atoms with Crippen LogP contribution < -0.4 is 0 Å². The van der Waals surface area contributed by atoms with E-state index < -0.39 is 5.60 Å². The average Bonchev–Trinajstić information content (AvgIpc) is 2.68. The van der Waals surface area contributed by atoms with Gasteiger partial charge < -0.3 is 18.9 Å². The van der Waals surface area contributed by atoms with Crippen molar-refractivity contribution in [2.24, 2.45) is 0 Å². The van der Waals surface area contributed by atoms with Crippen LogP contribution in [0.2, 0.25) is 5.82 Å². The first-order chi connectivity index (χ1) is 10.9. The van der Waals surface area contributed by atoms with Gasteiger partial charge in [-0.3, -0.25) is 0 Å². The van der Waals surface area contributed by atoms with E-state index in [1.54, 1.807) is 4.90 Å². The number of carbonyl (C=O) groups is 1. The minimum atomic E-state index is -0.445. The van der Waals surface area contributed by atoms with Crippen LogP contribution in [-0.4, -0.2) is 48.0 Å². The number of amides is 1. The Bertz CT molecular complexity index is 407. The van der Waals surface area contributed by atoms with Gasteiger partial charge in [0, 0.05) is 13.1 Å². The predicted molar refractivity (Wildman–Crippen MR) is 98.2 cm³/mol. The fourth-order valence-corrected chi connectivity index (χ4v) is 2.76. The Morgan fingerprint density at radius 3 is 1.83 bits per heavy atom. The molecule has 1 amide bonds. The second-order valence-electron chi connectivity index (χ2n) is 8.43. The Balaban J connectivity index is 0.00000139. The van der Waals surface area contributed by atoms with Crippen molar-refractivity contribution < 1.29 is 18.8 Å².